The number of esters is 1. The number of benzene rings is 2. The third kappa shape index (κ3) is 3.94. The number of aliphatic hydroxyl groups excluding tert-OH is 1. The molecule has 8 heteroatoms. The minimum absolute atomic E-state index is 0.128. The molecule has 152 valence electrons. The zero-order valence-corrected chi connectivity index (χ0v) is 17.6. The fraction of sp³-hybridized carbons (Fsp3) is 0.136. The van der Waals surface area contributed by atoms with Crippen LogP contribution in [0, 0.1) is 5.41 Å². The number of halogens is 1. The predicted molar refractivity (Wildman–Crippen MR) is 118 cm³/mol. The lowest BCUT2D eigenvalue weighted by Gasteiger charge is -2.18. The quantitative estimate of drug-likeness (QED) is 0.545. The number of thiazole rings is 1. The van der Waals surface area contributed by atoms with E-state index in [1.54, 1.807) is 29.2 Å². The van der Waals surface area contributed by atoms with Crippen molar-refractivity contribution in [1.82, 2.24) is 9.88 Å². The SMILES string of the molecule is COC(=O)c1ccc(CN2CC(O)=C(c3nc(-c4ccc(Cl)cc4)cs3)C2=N)cc1. The second-order valence-electron chi connectivity index (χ2n) is 6.76. The third-order valence-corrected chi connectivity index (χ3v) is 5.90. The maximum absolute atomic E-state index is 11.6. The van der Waals surface area contributed by atoms with E-state index in [1.165, 1.54) is 18.4 Å². The average Bonchev–Trinajstić information content (AvgIpc) is 3.33. The van der Waals surface area contributed by atoms with Crippen LogP contribution >= 0.6 is 22.9 Å². The summed E-state index contributed by atoms with van der Waals surface area (Å²) in [4.78, 5) is 17.9. The summed E-state index contributed by atoms with van der Waals surface area (Å²) in [5, 5.41) is 22.2. The Labute approximate surface area is 182 Å². The summed E-state index contributed by atoms with van der Waals surface area (Å²) < 4.78 is 4.71. The highest BCUT2D eigenvalue weighted by Crippen LogP contribution is 2.33. The van der Waals surface area contributed by atoms with Crippen LogP contribution in [-0.4, -0.2) is 40.4 Å². The van der Waals surface area contributed by atoms with E-state index >= 15 is 0 Å². The van der Waals surface area contributed by atoms with Gasteiger partial charge in [-0.2, -0.15) is 0 Å². The Balaban J connectivity index is 1.50. The van der Waals surface area contributed by atoms with Crippen molar-refractivity contribution in [1.29, 1.82) is 5.41 Å². The number of hydrogen-bond donors (Lipinski definition) is 2. The summed E-state index contributed by atoms with van der Waals surface area (Å²) in [6, 6.07) is 14.4. The van der Waals surface area contributed by atoms with Crippen LogP contribution in [0.3, 0.4) is 0 Å². The zero-order chi connectivity index (χ0) is 21.3. The van der Waals surface area contributed by atoms with E-state index in [1.807, 2.05) is 29.6 Å². The first-order chi connectivity index (χ1) is 14.5. The van der Waals surface area contributed by atoms with Crippen molar-refractivity contribution < 1.29 is 14.6 Å². The molecule has 0 saturated heterocycles. The minimum Gasteiger partial charge on any atom is -0.510 e. The molecular weight excluding hydrogens is 422 g/mol. The number of carbonyl (C=O) groups is 1. The normalized spacial score (nSPS) is 13.8. The number of carbonyl (C=O) groups excluding carboxylic acids is 1. The Bertz CT molecular complexity index is 1140. The lowest BCUT2D eigenvalue weighted by atomic mass is 10.1. The molecule has 1 aliphatic rings. The van der Waals surface area contributed by atoms with Crippen molar-refractivity contribution in [2.24, 2.45) is 0 Å². The highest BCUT2D eigenvalue weighted by atomic mass is 35.5. The summed E-state index contributed by atoms with van der Waals surface area (Å²) in [6.07, 6.45) is 0. The lowest BCUT2D eigenvalue weighted by molar-refractivity contribution is 0.0600. The van der Waals surface area contributed by atoms with Crippen molar-refractivity contribution in [2.75, 3.05) is 13.7 Å². The van der Waals surface area contributed by atoms with Gasteiger partial charge in [-0.3, -0.25) is 5.41 Å². The molecule has 0 saturated carbocycles. The molecule has 4 rings (SSSR count). The molecule has 0 atom stereocenters. The van der Waals surface area contributed by atoms with Gasteiger partial charge in [0.2, 0.25) is 0 Å². The standard InChI is InChI=1S/C22H18ClN3O3S/c1-29-22(28)15-4-2-13(3-5-15)10-26-11-18(27)19(20(26)24)21-25-17(12-30-21)14-6-8-16(23)9-7-14/h2-9,12,24,27H,10-11H2,1H3. The van der Waals surface area contributed by atoms with Crippen molar-refractivity contribution in [3.63, 3.8) is 0 Å². The molecule has 0 fully saturated rings. The van der Waals surface area contributed by atoms with Gasteiger partial charge in [-0.1, -0.05) is 35.9 Å². The number of ether oxygens (including phenoxy) is 1. The Kier molecular flexibility index (Phi) is 5.57. The molecule has 6 nitrogen and oxygen atoms in total. The van der Waals surface area contributed by atoms with E-state index < -0.39 is 5.97 Å². The van der Waals surface area contributed by atoms with Gasteiger partial charge in [0.25, 0.3) is 0 Å². The predicted octanol–water partition coefficient (Wildman–Crippen LogP) is 5.01. The summed E-state index contributed by atoms with van der Waals surface area (Å²) >= 11 is 7.33. The van der Waals surface area contributed by atoms with Crippen molar-refractivity contribution in [2.45, 2.75) is 6.54 Å². The number of aromatic nitrogens is 1. The van der Waals surface area contributed by atoms with Crippen LogP contribution < -0.4 is 0 Å². The first kappa shape index (κ1) is 20.1. The molecule has 0 unspecified atom stereocenters. The van der Waals surface area contributed by atoms with E-state index in [0.29, 0.717) is 27.7 Å². The largest absolute Gasteiger partial charge is 0.510 e. The Morgan fingerprint density at radius 2 is 1.93 bits per heavy atom. The van der Waals surface area contributed by atoms with Gasteiger partial charge in [0, 0.05) is 22.5 Å². The molecule has 2 N–H and O–H groups in total. The molecular formula is C22H18ClN3O3S. The number of nitrogens with zero attached hydrogens (tertiary/aromatic N) is 2. The molecule has 1 aromatic heterocycles. The molecule has 2 heterocycles. The monoisotopic (exact) mass is 439 g/mol. The number of nitrogens with one attached hydrogen (secondary N) is 1. The van der Waals surface area contributed by atoms with Crippen LogP contribution in [0.1, 0.15) is 20.9 Å². The summed E-state index contributed by atoms with van der Waals surface area (Å²) in [7, 11) is 1.34. The molecule has 0 amide bonds. The summed E-state index contributed by atoms with van der Waals surface area (Å²) in [5.74, 6) is -0.0398. The summed E-state index contributed by atoms with van der Waals surface area (Å²) in [6.45, 7) is 0.673. The van der Waals surface area contributed by atoms with Gasteiger partial charge in [0.1, 0.15) is 16.6 Å². The van der Waals surface area contributed by atoms with Crippen molar-refractivity contribution in [3.8, 4) is 11.3 Å². The van der Waals surface area contributed by atoms with Crippen LogP contribution in [-0.2, 0) is 11.3 Å². The van der Waals surface area contributed by atoms with E-state index in [9.17, 15) is 9.90 Å². The number of hydrogen-bond acceptors (Lipinski definition) is 6. The number of methoxy groups -OCH3 is 1. The number of aliphatic hydroxyl groups is 1. The summed E-state index contributed by atoms with van der Waals surface area (Å²) in [5.41, 5.74) is 3.54. The fourth-order valence-corrected chi connectivity index (χ4v) is 4.24. The Morgan fingerprint density at radius 1 is 1.23 bits per heavy atom. The van der Waals surface area contributed by atoms with Gasteiger partial charge in [-0.15, -0.1) is 11.3 Å². The van der Waals surface area contributed by atoms with E-state index in [0.717, 1.165) is 16.8 Å². The van der Waals surface area contributed by atoms with Crippen LogP contribution in [0.2, 0.25) is 5.02 Å². The van der Waals surface area contributed by atoms with Gasteiger partial charge in [0.15, 0.2) is 0 Å². The van der Waals surface area contributed by atoms with E-state index in [-0.39, 0.29) is 18.1 Å². The molecule has 0 aliphatic carbocycles. The van der Waals surface area contributed by atoms with Crippen LogP contribution in [0.25, 0.3) is 16.8 Å². The van der Waals surface area contributed by atoms with Crippen LogP contribution in [0.5, 0.6) is 0 Å². The maximum atomic E-state index is 11.6. The zero-order valence-electron chi connectivity index (χ0n) is 16.1. The van der Waals surface area contributed by atoms with Gasteiger partial charge in [-0.05, 0) is 29.8 Å². The first-order valence-electron chi connectivity index (χ1n) is 9.11. The third-order valence-electron chi connectivity index (χ3n) is 4.79. The smallest absolute Gasteiger partial charge is 0.337 e. The highest BCUT2D eigenvalue weighted by Gasteiger charge is 2.30. The van der Waals surface area contributed by atoms with Crippen molar-refractivity contribution >= 4 is 40.3 Å². The van der Waals surface area contributed by atoms with Crippen molar-refractivity contribution in [3.05, 3.63) is 80.8 Å². The molecule has 0 spiro atoms. The average molecular weight is 440 g/mol. The molecule has 3 aromatic rings. The second-order valence-corrected chi connectivity index (χ2v) is 8.05. The number of rotatable bonds is 5. The van der Waals surface area contributed by atoms with Gasteiger partial charge in [0.05, 0.1) is 30.5 Å². The van der Waals surface area contributed by atoms with E-state index in [2.05, 4.69) is 4.98 Å². The Hall–Kier alpha value is -3.16. The lowest BCUT2D eigenvalue weighted by Crippen LogP contribution is -2.26. The minimum atomic E-state index is -0.391. The highest BCUT2D eigenvalue weighted by molar-refractivity contribution is 7.11. The topological polar surface area (TPSA) is 86.5 Å². The van der Waals surface area contributed by atoms with E-state index in [4.69, 9.17) is 21.7 Å². The second kappa shape index (κ2) is 8.30. The van der Waals surface area contributed by atoms with Gasteiger partial charge < -0.3 is 14.7 Å². The Morgan fingerprint density at radius 3 is 2.60 bits per heavy atom. The van der Waals surface area contributed by atoms with Gasteiger partial charge in [-0.25, -0.2) is 9.78 Å². The van der Waals surface area contributed by atoms with Gasteiger partial charge >= 0.3 is 5.97 Å². The molecule has 1 aliphatic heterocycles. The first-order valence-corrected chi connectivity index (χ1v) is 10.4. The van der Waals surface area contributed by atoms with Crippen LogP contribution in [0.15, 0.2) is 59.7 Å². The molecule has 0 radical (unpaired) electrons. The number of amidine groups is 1. The molecule has 0 bridgehead atoms. The maximum Gasteiger partial charge on any atom is 0.337 e. The van der Waals surface area contributed by atoms with Crippen LogP contribution in [0.4, 0.5) is 0 Å². The fourth-order valence-electron chi connectivity index (χ4n) is 3.22. The molecule has 30 heavy (non-hydrogen) atoms. The molecule has 2 aromatic carbocycles.